The molecule has 0 aromatic heterocycles. The standard InChI is InChI=1S/C31H48N6O2/c1-8-37(27-13-11-26(12-14-27)34(5)6)29-21-25(10-9-15-36-18-16-35(7)17-19-36)20-28(24(29)3)31(39)33-22-23(2)30(38)32-4/h20-21,26-27H,2,8,11-19,22H2,1,3-7H3,(H,32,38)(H,33,39). The summed E-state index contributed by atoms with van der Waals surface area (Å²) >= 11 is 0. The van der Waals surface area contributed by atoms with Crippen LogP contribution in [0.25, 0.3) is 0 Å². The lowest BCUT2D eigenvalue weighted by Gasteiger charge is -2.40. The van der Waals surface area contributed by atoms with Crippen LogP contribution >= 0.6 is 0 Å². The fourth-order valence-electron chi connectivity index (χ4n) is 5.62. The van der Waals surface area contributed by atoms with Crippen LogP contribution in [-0.4, -0.2) is 113 Å². The molecule has 0 spiro atoms. The summed E-state index contributed by atoms with van der Waals surface area (Å²) in [6, 6.07) is 5.11. The summed E-state index contributed by atoms with van der Waals surface area (Å²) in [5, 5.41) is 5.45. The Morgan fingerprint density at radius 3 is 2.31 bits per heavy atom. The second kappa shape index (κ2) is 14.5. The zero-order valence-corrected chi connectivity index (χ0v) is 24.9. The van der Waals surface area contributed by atoms with Gasteiger partial charge < -0.3 is 25.3 Å². The summed E-state index contributed by atoms with van der Waals surface area (Å²) in [6.07, 6.45) is 4.60. The van der Waals surface area contributed by atoms with Crippen molar-refractivity contribution in [1.29, 1.82) is 0 Å². The fraction of sp³-hybridized carbons (Fsp3) is 0.613. The van der Waals surface area contributed by atoms with Gasteiger partial charge in [0.15, 0.2) is 0 Å². The number of carbonyl (C=O) groups is 2. The molecular weight excluding hydrogens is 488 g/mol. The Hall–Kier alpha value is -2.86. The molecule has 2 N–H and O–H groups in total. The van der Waals surface area contributed by atoms with Gasteiger partial charge in [-0.15, -0.1) is 0 Å². The number of nitrogens with one attached hydrogen (secondary N) is 2. The Labute approximate surface area is 235 Å². The van der Waals surface area contributed by atoms with E-state index in [9.17, 15) is 9.59 Å². The van der Waals surface area contributed by atoms with E-state index in [1.165, 1.54) is 12.8 Å². The number of likely N-dealkylation sites (N-methyl/N-ethyl adjacent to an activating group) is 2. The van der Waals surface area contributed by atoms with Crippen molar-refractivity contribution in [3.63, 3.8) is 0 Å². The number of anilines is 1. The summed E-state index contributed by atoms with van der Waals surface area (Å²) in [6.45, 7) is 13.8. The quantitative estimate of drug-likeness (QED) is 0.373. The third-order valence-corrected chi connectivity index (χ3v) is 8.25. The number of amides is 2. The van der Waals surface area contributed by atoms with Crippen LogP contribution in [0.1, 0.15) is 54.1 Å². The zero-order chi connectivity index (χ0) is 28.5. The van der Waals surface area contributed by atoms with E-state index in [1.54, 1.807) is 7.05 Å². The van der Waals surface area contributed by atoms with Crippen molar-refractivity contribution in [1.82, 2.24) is 25.3 Å². The summed E-state index contributed by atoms with van der Waals surface area (Å²) in [5.41, 5.74) is 3.79. The first-order valence-electron chi connectivity index (χ1n) is 14.3. The Bertz CT molecular complexity index is 1070. The highest BCUT2D eigenvalue weighted by molar-refractivity contribution is 5.99. The average Bonchev–Trinajstić information content (AvgIpc) is 2.94. The molecule has 2 aliphatic rings. The second-order valence-electron chi connectivity index (χ2n) is 11.1. The molecule has 2 amide bonds. The topological polar surface area (TPSA) is 71.2 Å². The predicted molar refractivity (Wildman–Crippen MR) is 160 cm³/mol. The predicted octanol–water partition coefficient (Wildman–Crippen LogP) is 2.33. The lowest BCUT2D eigenvalue weighted by molar-refractivity contribution is -0.117. The largest absolute Gasteiger partial charge is 0.369 e. The van der Waals surface area contributed by atoms with Crippen LogP contribution in [0, 0.1) is 18.8 Å². The van der Waals surface area contributed by atoms with Crippen molar-refractivity contribution >= 4 is 17.5 Å². The Morgan fingerprint density at radius 1 is 1.08 bits per heavy atom. The van der Waals surface area contributed by atoms with E-state index in [-0.39, 0.29) is 18.4 Å². The highest BCUT2D eigenvalue weighted by Gasteiger charge is 2.28. The number of rotatable bonds is 9. The first-order valence-corrected chi connectivity index (χ1v) is 14.3. The van der Waals surface area contributed by atoms with Crippen molar-refractivity contribution in [2.75, 3.05) is 78.9 Å². The van der Waals surface area contributed by atoms with Gasteiger partial charge in [-0.1, -0.05) is 18.4 Å². The maximum absolute atomic E-state index is 13.4. The van der Waals surface area contributed by atoms with Crippen LogP contribution in [0.15, 0.2) is 24.3 Å². The summed E-state index contributed by atoms with van der Waals surface area (Å²) in [5.74, 6) is 6.23. The molecule has 1 saturated heterocycles. The fourth-order valence-corrected chi connectivity index (χ4v) is 5.62. The summed E-state index contributed by atoms with van der Waals surface area (Å²) < 4.78 is 0. The van der Waals surface area contributed by atoms with E-state index in [2.05, 4.69) is 82.8 Å². The van der Waals surface area contributed by atoms with E-state index in [4.69, 9.17) is 0 Å². The molecule has 8 heteroatoms. The Kier molecular flexibility index (Phi) is 11.4. The van der Waals surface area contributed by atoms with Gasteiger partial charge in [0.1, 0.15) is 0 Å². The normalized spacial score (nSPS) is 20.2. The first kappa shape index (κ1) is 30.7. The average molecular weight is 537 g/mol. The lowest BCUT2D eigenvalue weighted by atomic mass is 9.88. The molecule has 1 saturated carbocycles. The number of nitrogens with zero attached hydrogens (tertiary/aromatic N) is 4. The molecule has 1 aliphatic heterocycles. The number of hydrogen-bond donors (Lipinski definition) is 2. The minimum absolute atomic E-state index is 0.0959. The van der Waals surface area contributed by atoms with Crippen LogP contribution < -0.4 is 15.5 Å². The third kappa shape index (κ3) is 8.31. The maximum Gasteiger partial charge on any atom is 0.251 e. The summed E-state index contributed by atoms with van der Waals surface area (Å²) in [7, 11) is 8.04. The number of piperazine rings is 1. The molecule has 0 atom stereocenters. The highest BCUT2D eigenvalue weighted by atomic mass is 16.2. The zero-order valence-electron chi connectivity index (χ0n) is 24.9. The highest BCUT2D eigenvalue weighted by Crippen LogP contribution is 2.33. The molecule has 1 aliphatic carbocycles. The van der Waals surface area contributed by atoms with E-state index < -0.39 is 0 Å². The van der Waals surface area contributed by atoms with Gasteiger partial charge in [0.25, 0.3) is 5.91 Å². The van der Waals surface area contributed by atoms with E-state index in [0.29, 0.717) is 23.2 Å². The van der Waals surface area contributed by atoms with Crippen molar-refractivity contribution in [2.24, 2.45) is 0 Å². The SMILES string of the molecule is C=C(CNC(=O)c1cc(C#CCN2CCN(C)CC2)cc(N(CC)C2CCC(N(C)C)CC2)c1C)C(=O)NC. The van der Waals surface area contributed by atoms with Gasteiger partial charge in [0.2, 0.25) is 5.91 Å². The van der Waals surface area contributed by atoms with Gasteiger partial charge in [-0.25, -0.2) is 0 Å². The lowest BCUT2D eigenvalue weighted by Crippen LogP contribution is -2.44. The molecule has 0 radical (unpaired) electrons. The van der Waals surface area contributed by atoms with Gasteiger partial charge in [0.05, 0.1) is 6.54 Å². The third-order valence-electron chi connectivity index (χ3n) is 8.25. The van der Waals surface area contributed by atoms with Crippen LogP contribution in [0.4, 0.5) is 5.69 Å². The van der Waals surface area contributed by atoms with Crippen molar-refractivity contribution in [3.8, 4) is 11.8 Å². The molecule has 214 valence electrons. The van der Waals surface area contributed by atoms with E-state index in [1.807, 2.05) is 13.0 Å². The molecule has 1 aromatic carbocycles. The van der Waals surface area contributed by atoms with Crippen molar-refractivity contribution in [2.45, 2.75) is 51.6 Å². The molecule has 39 heavy (non-hydrogen) atoms. The molecule has 0 bridgehead atoms. The second-order valence-corrected chi connectivity index (χ2v) is 11.1. The number of hydrogen-bond acceptors (Lipinski definition) is 6. The van der Waals surface area contributed by atoms with Gasteiger partial charge in [-0.2, -0.15) is 0 Å². The van der Waals surface area contributed by atoms with Crippen molar-refractivity contribution < 1.29 is 9.59 Å². The summed E-state index contributed by atoms with van der Waals surface area (Å²) in [4.78, 5) is 34.8. The number of carbonyl (C=O) groups excluding carboxylic acids is 2. The van der Waals surface area contributed by atoms with Crippen molar-refractivity contribution in [3.05, 3.63) is 41.0 Å². The van der Waals surface area contributed by atoms with Crippen LogP contribution in [0.5, 0.6) is 0 Å². The number of benzene rings is 1. The van der Waals surface area contributed by atoms with Gasteiger partial charge in [-0.05, 0) is 78.4 Å². The van der Waals surface area contributed by atoms with Gasteiger partial charge >= 0.3 is 0 Å². The molecule has 8 nitrogen and oxygen atoms in total. The van der Waals surface area contributed by atoms with E-state index >= 15 is 0 Å². The minimum atomic E-state index is -0.276. The van der Waals surface area contributed by atoms with Gasteiger partial charge in [-0.3, -0.25) is 14.5 Å². The first-order chi connectivity index (χ1) is 18.6. The molecule has 1 aromatic rings. The van der Waals surface area contributed by atoms with Gasteiger partial charge in [0, 0.05) is 80.8 Å². The Morgan fingerprint density at radius 2 is 1.72 bits per heavy atom. The minimum Gasteiger partial charge on any atom is -0.369 e. The molecular formula is C31H48N6O2. The monoisotopic (exact) mass is 536 g/mol. The van der Waals surface area contributed by atoms with E-state index in [0.717, 1.165) is 68.9 Å². The van der Waals surface area contributed by atoms with Crippen LogP contribution in [-0.2, 0) is 4.79 Å². The maximum atomic E-state index is 13.4. The Balaban J connectivity index is 1.87. The van der Waals surface area contributed by atoms with Crippen LogP contribution in [0.2, 0.25) is 0 Å². The molecule has 3 rings (SSSR count). The smallest absolute Gasteiger partial charge is 0.251 e. The molecule has 2 fully saturated rings. The molecule has 0 unspecified atom stereocenters. The molecule has 1 heterocycles. The van der Waals surface area contributed by atoms with Crippen LogP contribution in [0.3, 0.4) is 0 Å².